The van der Waals surface area contributed by atoms with E-state index in [0.29, 0.717) is 18.1 Å². The van der Waals surface area contributed by atoms with Crippen molar-refractivity contribution in [3.8, 4) is 0 Å². The first-order chi connectivity index (χ1) is 12.9. The third-order valence-corrected chi connectivity index (χ3v) is 3.68. The number of amides is 1. The molecule has 0 spiro atoms. The van der Waals surface area contributed by atoms with Gasteiger partial charge >= 0.3 is 6.18 Å². The lowest BCUT2D eigenvalue weighted by atomic mass is 10.2. The van der Waals surface area contributed by atoms with Crippen molar-refractivity contribution in [2.75, 3.05) is 5.32 Å². The second-order valence-electron chi connectivity index (χ2n) is 5.67. The molecule has 0 unspecified atom stereocenters. The SMILES string of the molecule is O=C(NCc1ccccc1)c1ccc(Nc2ccc(C(F)(F)F)cc2)nn1. The molecular weight excluding hydrogens is 357 g/mol. The van der Waals surface area contributed by atoms with Gasteiger partial charge in [-0.05, 0) is 42.0 Å². The average Bonchev–Trinajstić information content (AvgIpc) is 2.67. The highest BCUT2D eigenvalue weighted by Gasteiger charge is 2.29. The average molecular weight is 372 g/mol. The summed E-state index contributed by atoms with van der Waals surface area (Å²) in [6, 6.07) is 17.0. The number of nitrogens with zero attached hydrogens (tertiary/aromatic N) is 2. The summed E-state index contributed by atoms with van der Waals surface area (Å²) in [5.74, 6) is -0.0539. The van der Waals surface area contributed by atoms with Crippen LogP contribution in [0.4, 0.5) is 24.7 Å². The van der Waals surface area contributed by atoms with Crippen molar-refractivity contribution in [2.24, 2.45) is 0 Å². The van der Waals surface area contributed by atoms with Crippen molar-refractivity contribution < 1.29 is 18.0 Å². The van der Waals surface area contributed by atoms with Gasteiger partial charge in [-0.3, -0.25) is 4.79 Å². The van der Waals surface area contributed by atoms with E-state index in [1.807, 2.05) is 30.3 Å². The molecule has 0 saturated heterocycles. The number of anilines is 2. The summed E-state index contributed by atoms with van der Waals surface area (Å²) >= 11 is 0. The summed E-state index contributed by atoms with van der Waals surface area (Å²) in [6.07, 6.45) is -4.38. The minimum absolute atomic E-state index is 0.143. The van der Waals surface area contributed by atoms with Crippen LogP contribution in [0.15, 0.2) is 66.7 Å². The summed E-state index contributed by atoms with van der Waals surface area (Å²) in [6.45, 7) is 0.368. The van der Waals surface area contributed by atoms with Crippen LogP contribution >= 0.6 is 0 Å². The van der Waals surface area contributed by atoms with E-state index in [2.05, 4.69) is 20.8 Å². The van der Waals surface area contributed by atoms with Crippen LogP contribution in [0.2, 0.25) is 0 Å². The molecule has 2 aromatic carbocycles. The number of carbonyl (C=O) groups is 1. The van der Waals surface area contributed by atoms with E-state index in [0.717, 1.165) is 17.7 Å². The molecule has 0 radical (unpaired) electrons. The number of halogens is 3. The molecule has 0 aliphatic rings. The number of aromatic nitrogens is 2. The van der Waals surface area contributed by atoms with E-state index in [1.165, 1.54) is 24.3 Å². The Morgan fingerprint density at radius 3 is 2.19 bits per heavy atom. The maximum Gasteiger partial charge on any atom is 0.416 e. The highest BCUT2D eigenvalue weighted by molar-refractivity contribution is 5.92. The first kappa shape index (κ1) is 18.4. The summed E-state index contributed by atoms with van der Waals surface area (Å²) in [4.78, 5) is 12.1. The van der Waals surface area contributed by atoms with Crippen LogP contribution in [0.1, 0.15) is 21.6 Å². The lowest BCUT2D eigenvalue weighted by molar-refractivity contribution is -0.137. The zero-order valence-electron chi connectivity index (χ0n) is 14.0. The quantitative estimate of drug-likeness (QED) is 0.706. The lowest BCUT2D eigenvalue weighted by Crippen LogP contribution is -2.24. The molecule has 8 heteroatoms. The molecule has 0 aliphatic carbocycles. The molecule has 5 nitrogen and oxygen atoms in total. The Kier molecular flexibility index (Phi) is 5.35. The van der Waals surface area contributed by atoms with Gasteiger partial charge in [0, 0.05) is 12.2 Å². The second-order valence-corrected chi connectivity index (χ2v) is 5.67. The molecule has 0 bridgehead atoms. The van der Waals surface area contributed by atoms with Gasteiger partial charge in [-0.25, -0.2) is 0 Å². The molecule has 0 fully saturated rings. The fourth-order valence-electron chi connectivity index (χ4n) is 2.28. The molecule has 2 N–H and O–H groups in total. The maximum atomic E-state index is 12.6. The molecule has 1 amide bonds. The Bertz CT molecular complexity index is 895. The fourth-order valence-corrected chi connectivity index (χ4v) is 2.28. The molecular formula is C19H15F3N4O. The van der Waals surface area contributed by atoms with E-state index in [1.54, 1.807) is 0 Å². The van der Waals surface area contributed by atoms with Crippen LogP contribution < -0.4 is 10.6 Å². The predicted octanol–water partition coefficient (Wildman–Crippen LogP) is 4.17. The Balaban J connectivity index is 1.59. The first-order valence-corrected chi connectivity index (χ1v) is 8.02. The van der Waals surface area contributed by atoms with Crippen LogP contribution in [0.25, 0.3) is 0 Å². The van der Waals surface area contributed by atoms with Gasteiger partial charge in [0.2, 0.25) is 0 Å². The van der Waals surface area contributed by atoms with E-state index in [9.17, 15) is 18.0 Å². The number of hydrogen-bond donors (Lipinski definition) is 2. The molecule has 138 valence electrons. The second kappa shape index (κ2) is 7.86. The predicted molar refractivity (Wildman–Crippen MR) is 94.4 cm³/mol. The Labute approximate surface area is 153 Å². The summed E-state index contributed by atoms with van der Waals surface area (Å²) < 4.78 is 37.7. The lowest BCUT2D eigenvalue weighted by Gasteiger charge is -2.09. The zero-order chi connectivity index (χ0) is 19.3. The minimum atomic E-state index is -4.38. The monoisotopic (exact) mass is 372 g/mol. The van der Waals surface area contributed by atoms with Crippen molar-refractivity contribution in [3.05, 3.63) is 83.6 Å². The van der Waals surface area contributed by atoms with Gasteiger partial charge in [-0.1, -0.05) is 30.3 Å². The number of benzene rings is 2. The van der Waals surface area contributed by atoms with Gasteiger partial charge in [0.15, 0.2) is 11.5 Å². The molecule has 1 aromatic heterocycles. The third kappa shape index (κ3) is 5.04. The fraction of sp³-hybridized carbons (Fsp3) is 0.105. The number of rotatable bonds is 5. The number of carbonyl (C=O) groups excluding carboxylic acids is 1. The summed E-state index contributed by atoms with van der Waals surface area (Å²) in [5, 5.41) is 13.3. The van der Waals surface area contributed by atoms with Crippen LogP contribution in [0, 0.1) is 0 Å². The van der Waals surface area contributed by atoms with E-state index < -0.39 is 11.7 Å². The van der Waals surface area contributed by atoms with Gasteiger partial charge in [-0.15, -0.1) is 10.2 Å². The maximum absolute atomic E-state index is 12.6. The molecule has 0 saturated carbocycles. The Hall–Kier alpha value is -3.42. The molecule has 1 heterocycles. The van der Waals surface area contributed by atoms with Gasteiger partial charge in [0.25, 0.3) is 5.91 Å². The Morgan fingerprint density at radius 1 is 0.889 bits per heavy atom. The van der Waals surface area contributed by atoms with Gasteiger partial charge in [0.1, 0.15) is 0 Å². The number of alkyl halides is 3. The van der Waals surface area contributed by atoms with Crippen LogP contribution in [0.3, 0.4) is 0 Å². The topological polar surface area (TPSA) is 66.9 Å². The third-order valence-electron chi connectivity index (χ3n) is 3.68. The van der Waals surface area contributed by atoms with Gasteiger partial charge < -0.3 is 10.6 Å². The zero-order valence-corrected chi connectivity index (χ0v) is 14.0. The molecule has 27 heavy (non-hydrogen) atoms. The molecule has 0 aliphatic heterocycles. The van der Waals surface area contributed by atoms with Crippen molar-refractivity contribution in [1.29, 1.82) is 0 Å². The normalized spacial score (nSPS) is 11.1. The Morgan fingerprint density at radius 2 is 1.59 bits per heavy atom. The molecule has 3 aromatic rings. The van der Waals surface area contributed by atoms with Crippen molar-refractivity contribution in [3.63, 3.8) is 0 Å². The molecule has 3 rings (SSSR count). The van der Waals surface area contributed by atoms with Crippen LogP contribution in [-0.2, 0) is 12.7 Å². The van der Waals surface area contributed by atoms with Crippen molar-refractivity contribution in [1.82, 2.24) is 15.5 Å². The highest BCUT2D eigenvalue weighted by Crippen LogP contribution is 2.30. The minimum Gasteiger partial charge on any atom is -0.347 e. The van der Waals surface area contributed by atoms with Crippen LogP contribution in [-0.4, -0.2) is 16.1 Å². The van der Waals surface area contributed by atoms with Crippen molar-refractivity contribution >= 4 is 17.4 Å². The van der Waals surface area contributed by atoms with Crippen molar-refractivity contribution in [2.45, 2.75) is 12.7 Å². The van der Waals surface area contributed by atoms with Gasteiger partial charge in [0.05, 0.1) is 5.56 Å². The number of nitrogens with one attached hydrogen (secondary N) is 2. The van der Waals surface area contributed by atoms with E-state index >= 15 is 0 Å². The molecule has 0 atom stereocenters. The standard InChI is InChI=1S/C19H15F3N4O/c20-19(21,22)14-6-8-15(9-7-14)24-17-11-10-16(25-26-17)18(27)23-12-13-4-2-1-3-5-13/h1-11H,12H2,(H,23,27)(H,24,26). The van der Waals surface area contributed by atoms with E-state index in [4.69, 9.17) is 0 Å². The largest absolute Gasteiger partial charge is 0.416 e. The first-order valence-electron chi connectivity index (χ1n) is 8.02. The van der Waals surface area contributed by atoms with Crippen LogP contribution in [0.5, 0.6) is 0 Å². The number of hydrogen-bond acceptors (Lipinski definition) is 4. The summed E-state index contributed by atoms with van der Waals surface area (Å²) in [7, 11) is 0. The summed E-state index contributed by atoms with van der Waals surface area (Å²) in [5.41, 5.74) is 0.798. The highest BCUT2D eigenvalue weighted by atomic mass is 19.4. The van der Waals surface area contributed by atoms with Gasteiger partial charge in [-0.2, -0.15) is 13.2 Å². The smallest absolute Gasteiger partial charge is 0.347 e. The van der Waals surface area contributed by atoms with E-state index in [-0.39, 0.29) is 11.6 Å².